The highest BCUT2D eigenvalue weighted by atomic mass is 32.2. The molecular formula is C15H22N2O5S. The molecule has 0 radical (unpaired) electrons. The number of carbonyl (C=O) groups excluding carboxylic acids is 1. The molecule has 7 nitrogen and oxygen atoms in total. The Hall–Kier alpha value is -1.38. The lowest BCUT2D eigenvalue weighted by atomic mass is 10.2. The maximum atomic E-state index is 12.4. The Morgan fingerprint density at radius 2 is 2.00 bits per heavy atom. The molecule has 3 rings (SSSR count). The number of ether oxygens (including phenoxy) is 1. The zero-order valence-electron chi connectivity index (χ0n) is 13.2. The minimum atomic E-state index is -3.53. The third kappa shape index (κ3) is 3.29. The summed E-state index contributed by atoms with van der Waals surface area (Å²) in [5, 5.41) is -0.0109. The summed E-state index contributed by atoms with van der Waals surface area (Å²) >= 11 is 0. The van der Waals surface area contributed by atoms with Gasteiger partial charge in [-0.1, -0.05) is 0 Å². The van der Waals surface area contributed by atoms with Crippen LogP contribution in [0.5, 0.6) is 0 Å². The van der Waals surface area contributed by atoms with Gasteiger partial charge in [0.1, 0.15) is 11.8 Å². The van der Waals surface area contributed by atoms with Crippen LogP contribution in [0.25, 0.3) is 0 Å². The molecule has 2 aliphatic heterocycles. The molecule has 0 spiro atoms. The average Bonchev–Trinajstić information content (AvgIpc) is 3.28. The Bertz CT molecular complexity index is 663. The molecule has 0 bridgehead atoms. The number of furan rings is 1. The Morgan fingerprint density at radius 3 is 2.70 bits per heavy atom. The van der Waals surface area contributed by atoms with Gasteiger partial charge in [0.2, 0.25) is 5.09 Å². The lowest BCUT2D eigenvalue weighted by Gasteiger charge is -2.21. The van der Waals surface area contributed by atoms with Gasteiger partial charge >= 0.3 is 5.97 Å². The van der Waals surface area contributed by atoms with Gasteiger partial charge < -0.3 is 9.15 Å². The largest absolute Gasteiger partial charge is 0.468 e. The highest BCUT2D eigenvalue weighted by Crippen LogP contribution is 2.25. The molecule has 2 fully saturated rings. The highest BCUT2D eigenvalue weighted by molar-refractivity contribution is 7.89. The Labute approximate surface area is 136 Å². The van der Waals surface area contributed by atoms with Crippen molar-refractivity contribution in [3.05, 3.63) is 17.9 Å². The molecule has 3 heterocycles. The lowest BCUT2D eigenvalue weighted by molar-refractivity contribution is -0.146. The number of hydrogen-bond donors (Lipinski definition) is 0. The van der Waals surface area contributed by atoms with Gasteiger partial charge in [0.15, 0.2) is 0 Å². The summed E-state index contributed by atoms with van der Waals surface area (Å²) in [5.41, 5.74) is 0. The molecule has 2 aliphatic rings. The smallest absolute Gasteiger partial charge is 0.323 e. The number of hydrogen-bond acceptors (Lipinski definition) is 6. The fourth-order valence-corrected chi connectivity index (χ4v) is 4.70. The van der Waals surface area contributed by atoms with Gasteiger partial charge in [0.25, 0.3) is 10.0 Å². The number of likely N-dealkylation sites (tertiary alicyclic amines) is 1. The second kappa shape index (κ2) is 6.62. The van der Waals surface area contributed by atoms with Crippen LogP contribution < -0.4 is 0 Å². The first-order valence-electron chi connectivity index (χ1n) is 7.93. The molecule has 1 aromatic heterocycles. The van der Waals surface area contributed by atoms with Gasteiger partial charge in [0.05, 0.1) is 13.7 Å². The average molecular weight is 342 g/mol. The van der Waals surface area contributed by atoms with Gasteiger partial charge in [-0.3, -0.25) is 9.69 Å². The predicted octanol–water partition coefficient (Wildman–Crippen LogP) is 1.20. The molecule has 0 aliphatic carbocycles. The summed E-state index contributed by atoms with van der Waals surface area (Å²) in [5.74, 6) is 0.303. The fourth-order valence-electron chi connectivity index (χ4n) is 3.26. The molecule has 0 N–H and O–H groups in total. The van der Waals surface area contributed by atoms with Crippen molar-refractivity contribution >= 4 is 16.0 Å². The summed E-state index contributed by atoms with van der Waals surface area (Å²) in [6.45, 7) is 2.29. The summed E-state index contributed by atoms with van der Waals surface area (Å²) in [6.07, 6.45) is 3.45. The summed E-state index contributed by atoms with van der Waals surface area (Å²) in [7, 11) is -2.15. The quantitative estimate of drug-likeness (QED) is 0.748. The van der Waals surface area contributed by atoms with E-state index in [1.807, 2.05) is 4.90 Å². The van der Waals surface area contributed by atoms with E-state index in [-0.39, 0.29) is 17.1 Å². The second-order valence-corrected chi connectivity index (χ2v) is 7.85. The molecule has 0 saturated carbocycles. The third-order valence-electron chi connectivity index (χ3n) is 4.49. The molecule has 0 aromatic carbocycles. The van der Waals surface area contributed by atoms with Crippen LogP contribution in [0.3, 0.4) is 0 Å². The van der Waals surface area contributed by atoms with Crippen LogP contribution in [0.1, 0.15) is 31.4 Å². The first kappa shape index (κ1) is 16.5. The van der Waals surface area contributed by atoms with Gasteiger partial charge in [-0.15, -0.1) is 0 Å². The molecule has 128 valence electrons. The first-order valence-corrected chi connectivity index (χ1v) is 9.37. The Kier molecular flexibility index (Phi) is 4.74. The van der Waals surface area contributed by atoms with Crippen molar-refractivity contribution in [1.29, 1.82) is 0 Å². The zero-order valence-corrected chi connectivity index (χ0v) is 14.0. The van der Waals surface area contributed by atoms with Crippen molar-refractivity contribution in [2.24, 2.45) is 0 Å². The molecule has 23 heavy (non-hydrogen) atoms. The van der Waals surface area contributed by atoms with Gasteiger partial charge in [-0.25, -0.2) is 8.42 Å². The number of rotatable bonds is 5. The van der Waals surface area contributed by atoms with E-state index in [2.05, 4.69) is 0 Å². The van der Waals surface area contributed by atoms with Crippen molar-refractivity contribution in [3.63, 3.8) is 0 Å². The van der Waals surface area contributed by atoms with E-state index >= 15 is 0 Å². The molecule has 1 atom stereocenters. The lowest BCUT2D eigenvalue weighted by Crippen LogP contribution is -2.36. The zero-order chi connectivity index (χ0) is 16.4. The van der Waals surface area contributed by atoms with E-state index in [0.29, 0.717) is 25.4 Å². The summed E-state index contributed by atoms with van der Waals surface area (Å²) in [6, 6.07) is 2.91. The van der Waals surface area contributed by atoms with Crippen LogP contribution in [0, 0.1) is 0 Å². The number of nitrogens with zero attached hydrogens (tertiary/aromatic N) is 2. The third-order valence-corrected chi connectivity index (χ3v) is 6.26. The van der Waals surface area contributed by atoms with Crippen molar-refractivity contribution in [2.75, 3.05) is 26.7 Å². The van der Waals surface area contributed by atoms with Gasteiger partial charge in [-0.2, -0.15) is 4.31 Å². The predicted molar refractivity (Wildman–Crippen MR) is 82.1 cm³/mol. The first-order chi connectivity index (χ1) is 11.0. The molecule has 2 saturated heterocycles. The van der Waals surface area contributed by atoms with E-state index < -0.39 is 10.0 Å². The van der Waals surface area contributed by atoms with E-state index in [1.54, 1.807) is 6.07 Å². The van der Waals surface area contributed by atoms with Crippen LogP contribution in [-0.2, 0) is 26.1 Å². The van der Waals surface area contributed by atoms with Crippen molar-refractivity contribution < 1.29 is 22.4 Å². The van der Waals surface area contributed by atoms with E-state index in [9.17, 15) is 13.2 Å². The summed E-state index contributed by atoms with van der Waals surface area (Å²) < 4.78 is 36.7. The van der Waals surface area contributed by atoms with Gasteiger partial charge in [0, 0.05) is 13.1 Å². The highest BCUT2D eigenvalue weighted by Gasteiger charge is 2.33. The second-order valence-electron chi connectivity index (χ2n) is 5.98. The van der Waals surface area contributed by atoms with E-state index in [4.69, 9.17) is 9.15 Å². The molecule has 1 unspecified atom stereocenters. The number of sulfonamides is 1. The Balaban J connectivity index is 1.71. The van der Waals surface area contributed by atoms with Gasteiger partial charge in [-0.05, 0) is 44.4 Å². The van der Waals surface area contributed by atoms with Crippen molar-refractivity contribution in [3.8, 4) is 0 Å². The standard InChI is InChI=1S/C15H22N2O5S/c1-21-15(18)13-5-4-8-16(13)11-12-6-7-14(22-12)23(19,20)17-9-2-3-10-17/h6-7,13H,2-5,8-11H2,1H3. The van der Waals surface area contributed by atoms with Crippen LogP contribution in [0.2, 0.25) is 0 Å². The van der Waals surface area contributed by atoms with Crippen molar-refractivity contribution in [2.45, 2.75) is 43.4 Å². The van der Waals surface area contributed by atoms with Crippen LogP contribution in [0.15, 0.2) is 21.6 Å². The van der Waals surface area contributed by atoms with Crippen LogP contribution in [-0.4, -0.2) is 56.4 Å². The molecule has 0 amide bonds. The monoisotopic (exact) mass is 342 g/mol. The minimum absolute atomic E-state index is 0.0109. The number of carbonyl (C=O) groups is 1. The van der Waals surface area contributed by atoms with E-state index in [1.165, 1.54) is 17.5 Å². The van der Waals surface area contributed by atoms with Crippen LogP contribution in [0.4, 0.5) is 0 Å². The molecular weight excluding hydrogens is 320 g/mol. The maximum Gasteiger partial charge on any atom is 0.323 e. The van der Waals surface area contributed by atoms with Crippen LogP contribution >= 0.6 is 0 Å². The SMILES string of the molecule is COC(=O)C1CCCN1Cc1ccc(S(=O)(=O)N2CCCC2)o1. The maximum absolute atomic E-state index is 12.4. The minimum Gasteiger partial charge on any atom is -0.468 e. The topological polar surface area (TPSA) is 80.1 Å². The molecule has 1 aromatic rings. The number of esters is 1. The fraction of sp³-hybridized carbons (Fsp3) is 0.667. The normalized spacial score (nSPS) is 23.4. The number of methoxy groups -OCH3 is 1. The van der Waals surface area contributed by atoms with E-state index in [0.717, 1.165) is 32.2 Å². The summed E-state index contributed by atoms with van der Waals surface area (Å²) in [4.78, 5) is 13.7. The molecule has 8 heteroatoms. The van der Waals surface area contributed by atoms with Crippen molar-refractivity contribution in [1.82, 2.24) is 9.21 Å². The Morgan fingerprint density at radius 1 is 1.26 bits per heavy atom.